The van der Waals surface area contributed by atoms with Gasteiger partial charge in [-0.3, -0.25) is 4.79 Å². The molecule has 25 heavy (non-hydrogen) atoms. The van der Waals surface area contributed by atoms with Gasteiger partial charge in [-0.15, -0.1) is 0 Å². The molecule has 0 atom stereocenters. The lowest BCUT2D eigenvalue weighted by molar-refractivity contribution is -0.127. The predicted octanol–water partition coefficient (Wildman–Crippen LogP) is 4.09. The Morgan fingerprint density at radius 1 is 1.04 bits per heavy atom. The van der Waals surface area contributed by atoms with Crippen molar-refractivity contribution in [1.29, 1.82) is 0 Å². The monoisotopic (exact) mass is 384 g/mol. The second kappa shape index (κ2) is 8.11. The number of rotatable bonds is 2. The zero-order valence-electron chi connectivity index (χ0n) is 14.6. The Balaban J connectivity index is 1.87. The van der Waals surface area contributed by atoms with Gasteiger partial charge in [0.05, 0.1) is 10.0 Å². The van der Waals surface area contributed by atoms with Crippen LogP contribution in [0.25, 0.3) is 6.08 Å². The number of amides is 2. The van der Waals surface area contributed by atoms with Crippen LogP contribution in [0.4, 0.5) is 4.79 Å². The normalized spacial score (nSPS) is 15.6. The number of carbonyl (C=O) groups is 2. The Morgan fingerprint density at radius 2 is 1.64 bits per heavy atom. The van der Waals surface area contributed by atoms with E-state index in [1.165, 1.54) is 6.08 Å². The van der Waals surface area contributed by atoms with Gasteiger partial charge in [-0.1, -0.05) is 29.3 Å². The van der Waals surface area contributed by atoms with Crippen molar-refractivity contribution in [2.24, 2.45) is 0 Å². The summed E-state index contributed by atoms with van der Waals surface area (Å²) < 4.78 is 5.35. The van der Waals surface area contributed by atoms with E-state index in [-0.39, 0.29) is 12.0 Å². The van der Waals surface area contributed by atoms with Gasteiger partial charge in [0.15, 0.2) is 0 Å². The highest BCUT2D eigenvalue weighted by molar-refractivity contribution is 6.42. The van der Waals surface area contributed by atoms with Crippen molar-refractivity contribution >= 4 is 41.3 Å². The lowest BCUT2D eigenvalue weighted by Gasteiger charge is -2.35. The molecule has 1 saturated heterocycles. The van der Waals surface area contributed by atoms with E-state index in [1.807, 2.05) is 20.8 Å². The Bertz CT molecular complexity index is 675. The van der Waals surface area contributed by atoms with Crippen LogP contribution in [0, 0.1) is 0 Å². The van der Waals surface area contributed by atoms with Gasteiger partial charge in [-0.2, -0.15) is 0 Å². The van der Waals surface area contributed by atoms with Crippen LogP contribution in [-0.2, 0) is 9.53 Å². The van der Waals surface area contributed by atoms with Crippen molar-refractivity contribution in [2.75, 3.05) is 26.2 Å². The van der Waals surface area contributed by atoms with Crippen molar-refractivity contribution in [1.82, 2.24) is 9.80 Å². The van der Waals surface area contributed by atoms with Gasteiger partial charge in [0.25, 0.3) is 0 Å². The minimum absolute atomic E-state index is 0.102. The Morgan fingerprint density at radius 3 is 2.20 bits per heavy atom. The number of piperazine rings is 1. The van der Waals surface area contributed by atoms with E-state index in [2.05, 4.69) is 0 Å². The minimum Gasteiger partial charge on any atom is -0.444 e. The molecule has 0 unspecified atom stereocenters. The smallest absolute Gasteiger partial charge is 0.410 e. The molecule has 1 heterocycles. The van der Waals surface area contributed by atoms with E-state index in [0.717, 1.165) is 5.56 Å². The molecule has 0 N–H and O–H groups in total. The van der Waals surface area contributed by atoms with Crippen molar-refractivity contribution in [3.8, 4) is 0 Å². The third-order valence-corrected chi connectivity index (χ3v) is 4.34. The fourth-order valence-corrected chi connectivity index (χ4v) is 2.63. The third-order valence-electron chi connectivity index (χ3n) is 3.61. The molecule has 0 aromatic heterocycles. The molecule has 1 aliphatic heterocycles. The van der Waals surface area contributed by atoms with E-state index >= 15 is 0 Å². The van der Waals surface area contributed by atoms with E-state index in [9.17, 15) is 9.59 Å². The predicted molar refractivity (Wildman–Crippen MR) is 99.9 cm³/mol. The molecule has 0 spiro atoms. The van der Waals surface area contributed by atoms with Crippen LogP contribution in [0.15, 0.2) is 24.3 Å². The van der Waals surface area contributed by atoms with Crippen molar-refractivity contribution in [3.63, 3.8) is 0 Å². The molecule has 1 aromatic rings. The largest absolute Gasteiger partial charge is 0.444 e. The molecule has 1 aromatic carbocycles. The van der Waals surface area contributed by atoms with Gasteiger partial charge in [-0.25, -0.2) is 4.79 Å². The Hall–Kier alpha value is -1.72. The molecule has 5 nitrogen and oxygen atoms in total. The molecule has 136 valence electrons. The maximum absolute atomic E-state index is 12.3. The van der Waals surface area contributed by atoms with Gasteiger partial charge in [0, 0.05) is 32.3 Å². The van der Waals surface area contributed by atoms with Gasteiger partial charge in [-0.05, 0) is 44.5 Å². The first-order valence-corrected chi connectivity index (χ1v) is 8.81. The van der Waals surface area contributed by atoms with Crippen LogP contribution in [-0.4, -0.2) is 53.6 Å². The van der Waals surface area contributed by atoms with Crippen LogP contribution in [0.5, 0.6) is 0 Å². The van der Waals surface area contributed by atoms with Crippen molar-refractivity contribution in [2.45, 2.75) is 26.4 Å². The summed E-state index contributed by atoms with van der Waals surface area (Å²) in [4.78, 5) is 27.6. The summed E-state index contributed by atoms with van der Waals surface area (Å²) in [6.07, 6.45) is 2.86. The zero-order chi connectivity index (χ0) is 18.6. The highest BCUT2D eigenvalue weighted by Crippen LogP contribution is 2.23. The molecule has 2 rings (SSSR count). The lowest BCUT2D eigenvalue weighted by atomic mass is 10.2. The minimum atomic E-state index is -0.521. The molecule has 7 heteroatoms. The molecule has 2 amide bonds. The Labute approximate surface area is 158 Å². The molecule has 1 fully saturated rings. The average Bonchev–Trinajstić information content (AvgIpc) is 2.54. The first-order valence-electron chi connectivity index (χ1n) is 8.06. The fourth-order valence-electron chi connectivity index (χ4n) is 2.32. The number of halogens is 2. The van der Waals surface area contributed by atoms with Crippen molar-refractivity contribution in [3.05, 3.63) is 39.9 Å². The molecule has 0 aliphatic carbocycles. The SMILES string of the molecule is CC(C)(C)OC(=O)N1CCN(C(=O)/C=C/c2ccc(Cl)c(Cl)c2)CC1. The number of nitrogens with zero attached hydrogens (tertiary/aromatic N) is 2. The highest BCUT2D eigenvalue weighted by Gasteiger charge is 2.26. The zero-order valence-corrected chi connectivity index (χ0v) is 16.1. The number of hydrogen-bond donors (Lipinski definition) is 0. The van der Waals surface area contributed by atoms with E-state index in [4.69, 9.17) is 27.9 Å². The Kier molecular flexibility index (Phi) is 6.36. The van der Waals surface area contributed by atoms with Crippen LogP contribution in [0.2, 0.25) is 10.0 Å². The average molecular weight is 385 g/mol. The molecule has 0 bridgehead atoms. The molecular formula is C18H22Cl2N2O3. The third kappa shape index (κ3) is 5.94. The highest BCUT2D eigenvalue weighted by atomic mass is 35.5. The van der Waals surface area contributed by atoms with Crippen LogP contribution in [0.3, 0.4) is 0 Å². The van der Waals surface area contributed by atoms with E-state index < -0.39 is 5.60 Å². The first-order chi connectivity index (χ1) is 11.7. The van der Waals surface area contributed by atoms with E-state index in [0.29, 0.717) is 36.2 Å². The van der Waals surface area contributed by atoms with Gasteiger partial charge in [0.1, 0.15) is 5.60 Å². The molecule has 1 aliphatic rings. The summed E-state index contributed by atoms with van der Waals surface area (Å²) in [5.74, 6) is -0.102. The quantitative estimate of drug-likeness (QED) is 0.721. The summed E-state index contributed by atoms with van der Waals surface area (Å²) in [5, 5.41) is 0.922. The fraction of sp³-hybridized carbons (Fsp3) is 0.444. The first kappa shape index (κ1) is 19.6. The lowest BCUT2D eigenvalue weighted by Crippen LogP contribution is -2.51. The molecule has 0 saturated carbocycles. The van der Waals surface area contributed by atoms with Crippen LogP contribution >= 0.6 is 23.2 Å². The molecule has 0 radical (unpaired) electrons. The maximum Gasteiger partial charge on any atom is 0.410 e. The van der Waals surface area contributed by atoms with Crippen molar-refractivity contribution < 1.29 is 14.3 Å². The number of carbonyl (C=O) groups excluding carboxylic acids is 2. The second-order valence-electron chi connectivity index (χ2n) is 6.80. The van der Waals surface area contributed by atoms with E-state index in [1.54, 1.807) is 34.1 Å². The maximum atomic E-state index is 12.3. The standard InChI is InChI=1S/C18H22Cl2N2O3/c1-18(2,3)25-17(24)22-10-8-21(9-11-22)16(23)7-5-13-4-6-14(19)15(20)12-13/h4-7,12H,8-11H2,1-3H3/b7-5+. The number of ether oxygens (including phenoxy) is 1. The second-order valence-corrected chi connectivity index (χ2v) is 7.61. The van der Waals surface area contributed by atoms with Gasteiger partial charge in [0.2, 0.25) is 5.91 Å². The summed E-state index contributed by atoms with van der Waals surface area (Å²) in [6.45, 7) is 7.37. The topological polar surface area (TPSA) is 49.9 Å². The van der Waals surface area contributed by atoms with Gasteiger partial charge >= 0.3 is 6.09 Å². The summed E-state index contributed by atoms with van der Waals surface area (Å²) in [5.41, 5.74) is 0.280. The van der Waals surface area contributed by atoms with Crippen LogP contribution < -0.4 is 0 Å². The summed E-state index contributed by atoms with van der Waals surface area (Å²) in [6, 6.07) is 5.18. The number of hydrogen-bond acceptors (Lipinski definition) is 3. The van der Waals surface area contributed by atoms with Gasteiger partial charge < -0.3 is 14.5 Å². The summed E-state index contributed by atoms with van der Waals surface area (Å²) >= 11 is 11.8. The van der Waals surface area contributed by atoms with Crippen LogP contribution in [0.1, 0.15) is 26.3 Å². The summed E-state index contributed by atoms with van der Waals surface area (Å²) in [7, 11) is 0. The number of benzene rings is 1. The molecular weight excluding hydrogens is 363 g/mol.